The van der Waals surface area contributed by atoms with Crippen molar-refractivity contribution < 1.29 is 4.74 Å². The number of methoxy groups -OCH3 is 1. The summed E-state index contributed by atoms with van der Waals surface area (Å²) in [4.78, 5) is 0. The molecule has 1 aliphatic rings. The Hall–Kier alpha value is -1.37. The largest absolute Gasteiger partial charge is 0.497 e. The van der Waals surface area contributed by atoms with Crippen molar-refractivity contribution in [1.29, 1.82) is 0 Å². The van der Waals surface area contributed by atoms with E-state index in [1.165, 1.54) is 21.7 Å². The van der Waals surface area contributed by atoms with E-state index in [0.717, 1.165) is 5.75 Å². The van der Waals surface area contributed by atoms with Gasteiger partial charge in [0.2, 0.25) is 0 Å². The Morgan fingerprint density at radius 1 is 1.00 bits per heavy atom. The molecule has 0 saturated carbocycles. The van der Waals surface area contributed by atoms with Crippen molar-refractivity contribution in [3.05, 3.63) is 59.7 Å². The van der Waals surface area contributed by atoms with Gasteiger partial charge >= 0.3 is 0 Å². The summed E-state index contributed by atoms with van der Waals surface area (Å²) in [5.41, 5.74) is 2.49. The summed E-state index contributed by atoms with van der Waals surface area (Å²) < 4.78 is 5.21. The fraction of sp³-hybridized carbons (Fsp3) is 0.125. The average Bonchev–Trinajstić information content (AvgIpc) is 2.71. The van der Waals surface area contributed by atoms with Crippen LogP contribution < -0.4 is 10.0 Å². The monoisotopic (exact) mass is 286 g/mol. The minimum Gasteiger partial charge on any atom is -0.497 e. The lowest BCUT2D eigenvalue weighted by Gasteiger charge is -2.17. The molecule has 0 aliphatic carbocycles. The first-order valence-electron chi connectivity index (χ1n) is 6.17. The summed E-state index contributed by atoms with van der Waals surface area (Å²) in [5, 5.41) is 2.63. The SMILES string of the molecule is COc1ccc(C2=Cc3ccccc3P2(C)=S)cc1. The van der Waals surface area contributed by atoms with Crippen LogP contribution in [0, 0.1) is 0 Å². The van der Waals surface area contributed by atoms with E-state index in [-0.39, 0.29) is 0 Å². The second kappa shape index (κ2) is 4.63. The van der Waals surface area contributed by atoms with Crippen LogP contribution in [-0.4, -0.2) is 13.8 Å². The molecule has 2 aromatic carbocycles. The zero-order valence-electron chi connectivity index (χ0n) is 11.0. The van der Waals surface area contributed by atoms with Gasteiger partial charge in [-0.15, -0.1) is 0 Å². The molecule has 0 fully saturated rings. The van der Waals surface area contributed by atoms with Gasteiger partial charge in [-0.2, -0.15) is 0 Å². The Morgan fingerprint density at radius 2 is 1.68 bits per heavy atom. The maximum Gasteiger partial charge on any atom is 0.118 e. The molecule has 1 unspecified atom stereocenters. The van der Waals surface area contributed by atoms with Crippen LogP contribution in [0.3, 0.4) is 0 Å². The second-order valence-corrected chi connectivity index (χ2v) is 9.74. The number of hydrogen-bond acceptors (Lipinski definition) is 2. The summed E-state index contributed by atoms with van der Waals surface area (Å²) in [6, 6.07) is 15.0. The molecule has 0 saturated heterocycles. The van der Waals surface area contributed by atoms with E-state index in [1.807, 2.05) is 12.1 Å². The normalized spacial score (nSPS) is 20.8. The van der Waals surface area contributed by atoms with Crippen LogP contribution in [0.1, 0.15) is 11.1 Å². The zero-order chi connectivity index (χ0) is 13.5. The molecule has 2 aromatic rings. The first kappa shape index (κ1) is 12.7. The van der Waals surface area contributed by atoms with Gasteiger partial charge in [-0.25, -0.2) is 0 Å². The topological polar surface area (TPSA) is 9.23 Å². The maximum absolute atomic E-state index is 5.94. The molecular formula is C16H15OPS. The molecule has 1 heterocycles. The third-order valence-corrected chi connectivity index (χ3v) is 7.35. The van der Waals surface area contributed by atoms with Crippen molar-refractivity contribution in [3.8, 4) is 5.75 Å². The van der Waals surface area contributed by atoms with Crippen molar-refractivity contribution in [2.24, 2.45) is 0 Å². The highest BCUT2D eigenvalue weighted by Crippen LogP contribution is 2.59. The molecule has 96 valence electrons. The van der Waals surface area contributed by atoms with E-state index in [2.05, 4.69) is 49.1 Å². The number of benzene rings is 2. The van der Waals surface area contributed by atoms with Crippen LogP contribution in [0.25, 0.3) is 11.4 Å². The van der Waals surface area contributed by atoms with Gasteiger partial charge in [-0.1, -0.05) is 48.2 Å². The highest BCUT2D eigenvalue weighted by atomic mass is 32.4. The minimum atomic E-state index is -1.64. The standard InChI is InChI=1S/C16H15OPS/c1-17-14-9-7-12(8-10-14)16-11-13-5-3-4-6-15(13)18(16,2)19/h3-11H,1-2H3. The lowest BCUT2D eigenvalue weighted by atomic mass is 10.1. The van der Waals surface area contributed by atoms with Crippen LogP contribution in [0.2, 0.25) is 0 Å². The van der Waals surface area contributed by atoms with E-state index in [9.17, 15) is 0 Å². The fourth-order valence-electron chi connectivity index (χ4n) is 2.49. The van der Waals surface area contributed by atoms with Gasteiger partial charge < -0.3 is 4.74 Å². The molecule has 19 heavy (non-hydrogen) atoms. The third-order valence-electron chi connectivity index (χ3n) is 3.53. The number of rotatable bonds is 2. The van der Waals surface area contributed by atoms with Crippen LogP contribution in [0.4, 0.5) is 0 Å². The van der Waals surface area contributed by atoms with Crippen molar-refractivity contribution in [3.63, 3.8) is 0 Å². The summed E-state index contributed by atoms with van der Waals surface area (Å²) in [5.74, 6) is 0.879. The smallest absolute Gasteiger partial charge is 0.118 e. The molecule has 1 aliphatic heterocycles. The minimum absolute atomic E-state index is 0.879. The first-order chi connectivity index (χ1) is 9.13. The van der Waals surface area contributed by atoms with E-state index in [4.69, 9.17) is 16.5 Å². The van der Waals surface area contributed by atoms with Gasteiger partial charge in [0.1, 0.15) is 5.75 Å². The highest BCUT2D eigenvalue weighted by Gasteiger charge is 2.28. The number of ether oxygens (including phenoxy) is 1. The number of hydrogen-bond donors (Lipinski definition) is 0. The summed E-state index contributed by atoms with van der Waals surface area (Å²) >= 11 is 5.94. The van der Waals surface area contributed by atoms with Crippen molar-refractivity contribution >= 4 is 34.5 Å². The van der Waals surface area contributed by atoms with Crippen LogP contribution in [0.15, 0.2) is 48.5 Å². The van der Waals surface area contributed by atoms with Crippen molar-refractivity contribution in [2.75, 3.05) is 13.8 Å². The molecule has 0 spiro atoms. The molecule has 0 radical (unpaired) electrons. The molecule has 1 atom stereocenters. The third kappa shape index (κ3) is 2.05. The second-order valence-electron chi connectivity index (χ2n) is 4.74. The predicted molar refractivity (Wildman–Crippen MR) is 87.2 cm³/mol. The first-order valence-corrected chi connectivity index (χ1v) is 9.41. The molecule has 1 nitrogen and oxygen atoms in total. The van der Waals surface area contributed by atoms with Gasteiger partial charge in [0.15, 0.2) is 0 Å². The highest BCUT2D eigenvalue weighted by molar-refractivity contribution is 8.23. The van der Waals surface area contributed by atoms with Gasteiger partial charge in [0.05, 0.1) is 7.11 Å². The summed E-state index contributed by atoms with van der Waals surface area (Å²) in [6.45, 7) is 2.21. The quantitative estimate of drug-likeness (QED) is 0.773. The summed E-state index contributed by atoms with van der Waals surface area (Å²) in [6.07, 6.45) is 2.25. The van der Waals surface area contributed by atoms with Crippen LogP contribution in [0.5, 0.6) is 5.75 Å². The molecular weight excluding hydrogens is 271 g/mol. The Bertz CT molecular complexity index is 701. The van der Waals surface area contributed by atoms with E-state index < -0.39 is 6.04 Å². The van der Waals surface area contributed by atoms with Crippen molar-refractivity contribution in [1.82, 2.24) is 0 Å². The molecule has 0 aromatic heterocycles. The predicted octanol–water partition coefficient (Wildman–Crippen LogP) is 3.94. The molecule has 0 N–H and O–H groups in total. The Balaban J connectivity index is 2.10. The molecule has 3 heteroatoms. The lowest BCUT2D eigenvalue weighted by Crippen LogP contribution is -2.02. The Morgan fingerprint density at radius 3 is 2.32 bits per heavy atom. The number of fused-ring (bicyclic) bond motifs is 1. The molecule has 3 rings (SSSR count). The summed E-state index contributed by atoms with van der Waals surface area (Å²) in [7, 11) is 1.68. The fourth-order valence-corrected chi connectivity index (χ4v) is 5.75. The Labute approximate surface area is 118 Å². The molecule has 0 amide bonds. The molecule has 0 bridgehead atoms. The van der Waals surface area contributed by atoms with E-state index in [0.29, 0.717) is 0 Å². The van der Waals surface area contributed by atoms with Crippen LogP contribution in [-0.2, 0) is 11.8 Å². The van der Waals surface area contributed by atoms with Gasteiger partial charge in [0, 0.05) is 6.04 Å². The average molecular weight is 286 g/mol. The van der Waals surface area contributed by atoms with Gasteiger partial charge in [-0.3, -0.25) is 0 Å². The van der Waals surface area contributed by atoms with Crippen LogP contribution >= 0.6 is 6.04 Å². The van der Waals surface area contributed by atoms with Crippen molar-refractivity contribution in [2.45, 2.75) is 0 Å². The maximum atomic E-state index is 5.94. The van der Waals surface area contributed by atoms with Gasteiger partial charge in [-0.05, 0) is 46.6 Å². The van der Waals surface area contributed by atoms with E-state index >= 15 is 0 Å². The Kier molecular flexibility index (Phi) is 3.08. The van der Waals surface area contributed by atoms with Gasteiger partial charge in [0.25, 0.3) is 0 Å². The zero-order valence-corrected chi connectivity index (χ0v) is 12.7. The lowest BCUT2D eigenvalue weighted by molar-refractivity contribution is 0.415. The van der Waals surface area contributed by atoms with E-state index in [1.54, 1.807) is 7.11 Å².